The third-order valence-corrected chi connectivity index (χ3v) is 3.17. The van der Waals surface area contributed by atoms with Crippen LogP contribution in [0.2, 0.25) is 5.02 Å². The Morgan fingerprint density at radius 3 is 2.42 bits per heavy atom. The molecule has 1 aromatic rings. The molecule has 3 nitrogen and oxygen atoms in total. The third-order valence-electron chi connectivity index (χ3n) is 2.92. The van der Waals surface area contributed by atoms with Crippen LogP contribution in [0.4, 0.5) is 18.9 Å². The highest BCUT2D eigenvalue weighted by Crippen LogP contribution is 2.33. The zero-order chi connectivity index (χ0) is 14.0. The molecule has 1 fully saturated rings. The molecule has 0 atom stereocenters. The Kier molecular flexibility index (Phi) is 4.01. The Hall–Kier alpha value is -1.27. The topological polar surface area (TPSA) is 32.3 Å². The van der Waals surface area contributed by atoms with Gasteiger partial charge in [-0.1, -0.05) is 11.6 Å². The van der Waals surface area contributed by atoms with E-state index >= 15 is 0 Å². The molecule has 7 heteroatoms. The molecule has 1 heterocycles. The molecule has 1 aliphatic heterocycles. The van der Waals surface area contributed by atoms with Gasteiger partial charge in [0.2, 0.25) is 5.91 Å². The number of nitrogens with zero attached hydrogens (tertiary/aromatic N) is 1. The monoisotopic (exact) mass is 292 g/mol. The van der Waals surface area contributed by atoms with E-state index in [1.165, 1.54) is 4.90 Å². The lowest BCUT2D eigenvalue weighted by Gasteiger charge is -2.39. The van der Waals surface area contributed by atoms with E-state index in [4.69, 9.17) is 11.6 Å². The van der Waals surface area contributed by atoms with Gasteiger partial charge in [0.1, 0.15) is 0 Å². The number of carbonyl (C=O) groups excluding carboxylic acids is 1. The quantitative estimate of drug-likeness (QED) is 0.929. The number of nitrogens with one attached hydrogen (secondary N) is 1. The van der Waals surface area contributed by atoms with Crippen molar-refractivity contribution in [1.82, 2.24) is 4.90 Å². The minimum Gasteiger partial charge on any atom is -0.325 e. The first-order valence-electron chi connectivity index (χ1n) is 5.69. The number of carbonyl (C=O) groups is 1. The normalized spacial score (nSPS) is 17.1. The second kappa shape index (κ2) is 5.38. The minimum absolute atomic E-state index is 0.0325. The van der Waals surface area contributed by atoms with Crippen molar-refractivity contribution in [3.63, 3.8) is 0 Å². The van der Waals surface area contributed by atoms with Gasteiger partial charge in [-0.2, -0.15) is 13.2 Å². The van der Waals surface area contributed by atoms with Crippen LogP contribution < -0.4 is 5.32 Å². The first-order chi connectivity index (χ1) is 8.84. The number of benzene rings is 1. The second-order valence-electron chi connectivity index (χ2n) is 4.49. The van der Waals surface area contributed by atoms with Crippen molar-refractivity contribution in [2.24, 2.45) is 5.92 Å². The van der Waals surface area contributed by atoms with Gasteiger partial charge in [0.05, 0.1) is 12.5 Å². The van der Waals surface area contributed by atoms with Crippen LogP contribution in [-0.4, -0.2) is 36.6 Å². The van der Waals surface area contributed by atoms with Gasteiger partial charge in [0, 0.05) is 23.8 Å². The Bertz CT molecular complexity index is 455. The summed E-state index contributed by atoms with van der Waals surface area (Å²) < 4.78 is 36.8. The fraction of sp³-hybridized carbons (Fsp3) is 0.417. The first kappa shape index (κ1) is 14.1. The van der Waals surface area contributed by atoms with Crippen molar-refractivity contribution >= 4 is 23.2 Å². The summed E-state index contributed by atoms with van der Waals surface area (Å²) in [4.78, 5) is 13.1. The smallest absolute Gasteiger partial charge is 0.325 e. The molecule has 0 spiro atoms. The highest BCUT2D eigenvalue weighted by molar-refractivity contribution is 6.30. The summed E-state index contributed by atoms with van der Waals surface area (Å²) in [6, 6.07) is 6.52. The van der Waals surface area contributed by atoms with Gasteiger partial charge in [0.15, 0.2) is 0 Å². The molecule has 1 saturated heterocycles. The zero-order valence-corrected chi connectivity index (χ0v) is 10.6. The Morgan fingerprint density at radius 1 is 1.32 bits per heavy atom. The predicted molar refractivity (Wildman–Crippen MR) is 66.1 cm³/mol. The Labute approximate surface area is 113 Å². The van der Waals surface area contributed by atoms with Crippen molar-refractivity contribution in [2.75, 3.05) is 25.0 Å². The second-order valence-corrected chi connectivity index (χ2v) is 4.92. The first-order valence-corrected chi connectivity index (χ1v) is 6.07. The van der Waals surface area contributed by atoms with Gasteiger partial charge < -0.3 is 5.32 Å². The fourth-order valence-corrected chi connectivity index (χ4v) is 1.97. The van der Waals surface area contributed by atoms with Crippen LogP contribution in [0, 0.1) is 5.92 Å². The van der Waals surface area contributed by atoms with Crippen molar-refractivity contribution < 1.29 is 18.0 Å². The molecule has 0 saturated carbocycles. The number of hydrogen-bond acceptors (Lipinski definition) is 2. The molecule has 0 aliphatic carbocycles. The third kappa shape index (κ3) is 3.84. The summed E-state index contributed by atoms with van der Waals surface area (Å²) in [5, 5.41) is 3.15. The van der Waals surface area contributed by atoms with Gasteiger partial charge in [-0.05, 0) is 24.3 Å². The summed E-state index contributed by atoms with van der Waals surface area (Å²) in [6.45, 7) is -0.260. The van der Waals surface area contributed by atoms with Gasteiger partial charge >= 0.3 is 6.18 Å². The molecule has 19 heavy (non-hydrogen) atoms. The highest BCUT2D eigenvalue weighted by Gasteiger charge is 2.47. The molecule has 0 unspecified atom stereocenters. The van der Waals surface area contributed by atoms with Gasteiger partial charge in [0.25, 0.3) is 0 Å². The lowest BCUT2D eigenvalue weighted by molar-refractivity contribution is -0.208. The van der Waals surface area contributed by atoms with E-state index < -0.39 is 12.1 Å². The Morgan fingerprint density at radius 2 is 1.89 bits per heavy atom. The predicted octanol–water partition coefficient (Wildman–Crippen LogP) is 2.77. The standard InChI is InChI=1S/C12H12ClF3N2O/c13-9-1-3-10(4-2-9)17-11(19)7-18-5-8(6-18)12(14,15)16/h1-4,8H,5-7H2,(H,17,19). The van der Waals surface area contributed by atoms with Crippen LogP contribution in [0.1, 0.15) is 0 Å². The molecule has 0 bridgehead atoms. The van der Waals surface area contributed by atoms with Crippen LogP contribution in [0.25, 0.3) is 0 Å². The molecule has 2 rings (SSSR count). The summed E-state index contributed by atoms with van der Waals surface area (Å²) in [5.41, 5.74) is 0.572. The van der Waals surface area contributed by atoms with Crippen LogP contribution in [0.15, 0.2) is 24.3 Å². The molecule has 1 aliphatic rings. The zero-order valence-electron chi connectivity index (χ0n) is 9.88. The molecular formula is C12H12ClF3N2O. The number of anilines is 1. The van der Waals surface area contributed by atoms with E-state index in [2.05, 4.69) is 5.32 Å². The minimum atomic E-state index is -4.16. The number of rotatable bonds is 3. The van der Waals surface area contributed by atoms with Crippen LogP contribution >= 0.6 is 11.6 Å². The van der Waals surface area contributed by atoms with E-state index in [-0.39, 0.29) is 25.5 Å². The number of halogens is 4. The maximum Gasteiger partial charge on any atom is 0.394 e. The van der Waals surface area contributed by atoms with Crippen molar-refractivity contribution in [3.05, 3.63) is 29.3 Å². The number of alkyl halides is 3. The summed E-state index contributed by atoms with van der Waals surface area (Å²) in [6.07, 6.45) is -4.16. The number of likely N-dealkylation sites (tertiary alicyclic amines) is 1. The van der Waals surface area contributed by atoms with E-state index in [1.807, 2.05) is 0 Å². The van der Waals surface area contributed by atoms with E-state index in [0.29, 0.717) is 10.7 Å². The highest BCUT2D eigenvalue weighted by atomic mass is 35.5. The van der Waals surface area contributed by atoms with Gasteiger partial charge in [-0.3, -0.25) is 9.69 Å². The number of amides is 1. The lowest BCUT2D eigenvalue weighted by Crippen LogP contribution is -2.55. The van der Waals surface area contributed by atoms with Crippen LogP contribution in [-0.2, 0) is 4.79 Å². The maximum absolute atomic E-state index is 12.3. The van der Waals surface area contributed by atoms with Crippen LogP contribution in [0.3, 0.4) is 0 Å². The molecule has 0 aromatic heterocycles. The van der Waals surface area contributed by atoms with E-state index in [1.54, 1.807) is 24.3 Å². The SMILES string of the molecule is O=C(CN1CC(C(F)(F)F)C1)Nc1ccc(Cl)cc1. The largest absolute Gasteiger partial charge is 0.394 e. The average Bonchev–Trinajstić information content (AvgIpc) is 2.24. The molecule has 1 aromatic carbocycles. The van der Waals surface area contributed by atoms with Crippen molar-refractivity contribution in [2.45, 2.75) is 6.18 Å². The summed E-state index contributed by atoms with van der Waals surface area (Å²) in [7, 11) is 0. The summed E-state index contributed by atoms with van der Waals surface area (Å²) >= 11 is 5.70. The average molecular weight is 293 g/mol. The molecular weight excluding hydrogens is 281 g/mol. The molecule has 104 valence electrons. The van der Waals surface area contributed by atoms with Crippen molar-refractivity contribution in [3.8, 4) is 0 Å². The number of hydrogen-bond donors (Lipinski definition) is 1. The van der Waals surface area contributed by atoms with Crippen LogP contribution in [0.5, 0.6) is 0 Å². The van der Waals surface area contributed by atoms with Crippen molar-refractivity contribution in [1.29, 1.82) is 0 Å². The van der Waals surface area contributed by atoms with E-state index in [9.17, 15) is 18.0 Å². The van der Waals surface area contributed by atoms with Gasteiger partial charge in [-0.15, -0.1) is 0 Å². The molecule has 1 amide bonds. The maximum atomic E-state index is 12.3. The Balaban J connectivity index is 1.76. The van der Waals surface area contributed by atoms with Gasteiger partial charge in [-0.25, -0.2) is 0 Å². The fourth-order valence-electron chi connectivity index (χ4n) is 1.84. The molecule has 0 radical (unpaired) electrons. The van der Waals surface area contributed by atoms with E-state index in [0.717, 1.165) is 0 Å². The summed E-state index contributed by atoms with van der Waals surface area (Å²) in [5.74, 6) is -1.64. The molecule has 1 N–H and O–H groups in total. The lowest BCUT2D eigenvalue weighted by atomic mass is 10.00.